The van der Waals surface area contributed by atoms with Gasteiger partial charge in [0.15, 0.2) is 0 Å². The smallest absolute Gasteiger partial charge is 0.242 e. The van der Waals surface area contributed by atoms with Crippen LogP contribution in [-0.2, 0) is 0 Å². The molecule has 7 heteroatoms. The van der Waals surface area contributed by atoms with Gasteiger partial charge in [0, 0.05) is 0 Å². The molecule has 0 atom stereocenters. The van der Waals surface area contributed by atoms with E-state index in [9.17, 15) is 0 Å². The first-order chi connectivity index (χ1) is 8.60. The Morgan fingerprint density at radius 1 is 1.28 bits per heavy atom. The number of benzene rings is 1. The van der Waals surface area contributed by atoms with Gasteiger partial charge in [-0.15, -0.1) is 0 Å². The number of nitrogens with zero attached hydrogens (tertiary/aromatic N) is 2. The van der Waals surface area contributed by atoms with E-state index in [0.717, 1.165) is 0 Å². The third kappa shape index (κ3) is 3.04. The lowest BCUT2D eigenvalue weighted by atomic mass is 10.3. The van der Waals surface area contributed by atoms with Gasteiger partial charge in [-0.25, -0.2) is 4.98 Å². The molecular formula is C11H7BrCl2N2O2. The summed E-state index contributed by atoms with van der Waals surface area (Å²) in [5.41, 5.74) is 0. The van der Waals surface area contributed by atoms with Crippen LogP contribution in [0.4, 0.5) is 0 Å². The van der Waals surface area contributed by atoms with Gasteiger partial charge >= 0.3 is 0 Å². The minimum Gasteiger partial charge on any atom is -0.497 e. The standard InChI is InChI=1S/C11H7BrCl2N2O2/c1-17-6-2-3-9(7(12)4-6)18-10-8(13)5-15-11(14)16-10/h2-5H,1H3. The van der Waals surface area contributed by atoms with Crippen LogP contribution < -0.4 is 9.47 Å². The number of methoxy groups -OCH3 is 1. The number of aromatic nitrogens is 2. The maximum absolute atomic E-state index is 5.91. The first kappa shape index (κ1) is 13.4. The highest BCUT2D eigenvalue weighted by molar-refractivity contribution is 9.10. The molecule has 0 spiro atoms. The Morgan fingerprint density at radius 2 is 2.06 bits per heavy atom. The van der Waals surface area contributed by atoms with E-state index in [2.05, 4.69) is 25.9 Å². The normalized spacial score (nSPS) is 10.2. The molecular weight excluding hydrogens is 343 g/mol. The minimum absolute atomic E-state index is 0.0686. The van der Waals surface area contributed by atoms with Gasteiger partial charge in [-0.3, -0.25) is 0 Å². The molecule has 2 aromatic rings. The number of ether oxygens (including phenoxy) is 2. The zero-order valence-electron chi connectivity index (χ0n) is 9.15. The van der Waals surface area contributed by atoms with E-state index in [1.807, 2.05) is 0 Å². The highest BCUT2D eigenvalue weighted by Crippen LogP contribution is 2.34. The molecule has 1 heterocycles. The maximum Gasteiger partial charge on any atom is 0.242 e. The van der Waals surface area contributed by atoms with Crippen molar-refractivity contribution in [2.24, 2.45) is 0 Å². The summed E-state index contributed by atoms with van der Waals surface area (Å²) in [6.07, 6.45) is 1.38. The second kappa shape index (κ2) is 5.73. The molecule has 0 aliphatic heterocycles. The molecule has 0 fully saturated rings. The molecule has 0 unspecified atom stereocenters. The number of halogens is 3. The second-order valence-corrected chi connectivity index (χ2v) is 4.79. The Bertz CT molecular complexity index is 581. The molecule has 2 rings (SSSR count). The van der Waals surface area contributed by atoms with E-state index < -0.39 is 0 Å². The van der Waals surface area contributed by atoms with E-state index in [4.69, 9.17) is 32.7 Å². The van der Waals surface area contributed by atoms with Crippen LogP contribution in [0.3, 0.4) is 0 Å². The van der Waals surface area contributed by atoms with E-state index >= 15 is 0 Å². The van der Waals surface area contributed by atoms with Crippen LogP contribution in [0.25, 0.3) is 0 Å². The van der Waals surface area contributed by atoms with Gasteiger partial charge in [0.2, 0.25) is 11.2 Å². The minimum atomic E-state index is 0.0686. The second-order valence-electron chi connectivity index (χ2n) is 3.19. The number of hydrogen-bond donors (Lipinski definition) is 0. The summed E-state index contributed by atoms with van der Waals surface area (Å²) in [7, 11) is 1.59. The van der Waals surface area contributed by atoms with Crippen LogP contribution in [-0.4, -0.2) is 17.1 Å². The Morgan fingerprint density at radius 3 is 2.72 bits per heavy atom. The van der Waals surface area contributed by atoms with Crippen molar-refractivity contribution < 1.29 is 9.47 Å². The predicted molar refractivity (Wildman–Crippen MR) is 72.8 cm³/mol. The van der Waals surface area contributed by atoms with E-state index in [0.29, 0.717) is 16.0 Å². The molecule has 1 aromatic heterocycles. The third-order valence-electron chi connectivity index (χ3n) is 2.03. The molecule has 1 aromatic carbocycles. The van der Waals surface area contributed by atoms with Crippen molar-refractivity contribution in [3.05, 3.63) is 39.2 Å². The van der Waals surface area contributed by atoms with E-state index in [1.54, 1.807) is 25.3 Å². The highest BCUT2D eigenvalue weighted by Gasteiger charge is 2.10. The van der Waals surface area contributed by atoms with Crippen LogP contribution >= 0.6 is 39.1 Å². The van der Waals surface area contributed by atoms with Gasteiger partial charge in [0.05, 0.1) is 17.8 Å². The van der Waals surface area contributed by atoms with E-state index in [-0.39, 0.29) is 16.2 Å². The quantitative estimate of drug-likeness (QED) is 0.773. The molecule has 0 radical (unpaired) electrons. The van der Waals surface area contributed by atoms with Crippen LogP contribution in [0, 0.1) is 0 Å². The van der Waals surface area contributed by atoms with Gasteiger partial charge in [-0.2, -0.15) is 4.98 Å². The third-order valence-corrected chi connectivity index (χ3v) is 3.09. The van der Waals surface area contributed by atoms with Crippen molar-refractivity contribution in [3.8, 4) is 17.4 Å². The average molecular weight is 350 g/mol. The monoisotopic (exact) mass is 348 g/mol. The largest absolute Gasteiger partial charge is 0.497 e. The molecule has 0 bridgehead atoms. The summed E-state index contributed by atoms with van der Waals surface area (Å²) in [6.45, 7) is 0. The van der Waals surface area contributed by atoms with Crippen LogP contribution in [0.2, 0.25) is 10.3 Å². The van der Waals surface area contributed by atoms with Crippen molar-refractivity contribution in [2.75, 3.05) is 7.11 Å². The average Bonchev–Trinajstić information content (AvgIpc) is 2.36. The Labute approximate surface area is 122 Å². The summed E-state index contributed by atoms with van der Waals surface area (Å²) < 4.78 is 11.4. The summed E-state index contributed by atoms with van der Waals surface area (Å²) >= 11 is 15.0. The molecule has 0 aliphatic carbocycles. The fraction of sp³-hybridized carbons (Fsp3) is 0.0909. The fourth-order valence-electron chi connectivity index (χ4n) is 1.20. The van der Waals surface area contributed by atoms with E-state index in [1.165, 1.54) is 6.20 Å². The molecule has 94 valence electrons. The molecule has 0 saturated carbocycles. The van der Waals surface area contributed by atoms with Gasteiger partial charge < -0.3 is 9.47 Å². The van der Waals surface area contributed by atoms with Gasteiger partial charge in [-0.1, -0.05) is 11.6 Å². The summed E-state index contributed by atoms with van der Waals surface area (Å²) in [4.78, 5) is 7.64. The lowest BCUT2D eigenvalue weighted by Crippen LogP contribution is -1.92. The Kier molecular flexibility index (Phi) is 4.27. The SMILES string of the molecule is COc1ccc(Oc2nc(Cl)ncc2Cl)c(Br)c1. The van der Waals surface area contributed by atoms with Crippen molar-refractivity contribution in [1.82, 2.24) is 9.97 Å². The summed E-state index contributed by atoms with van der Waals surface area (Å²) in [5.74, 6) is 1.45. The highest BCUT2D eigenvalue weighted by atomic mass is 79.9. The lowest BCUT2D eigenvalue weighted by molar-refractivity contribution is 0.411. The zero-order valence-corrected chi connectivity index (χ0v) is 12.3. The molecule has 4 nitrogen and oxygen atoms in total. The van der Waals surface area contributed by atoms with Crippen molar-refractivity contribution in [2.45, 2.75) is 0 Å². The van der Waals surface area contributed by atoms with Crippen LogP contribution in [0.15, 0.2) is 28.9 Å². The van der Waals surface area contributed by atoms with Gasteiger partial charge in [0.25, 0.3) is 0 Å². The zero-order chi connectivity index (χ0) is 13.1. The Hall–Kier alpha value is -1.04. The van der Waals surface area contributed by atoms with Crippen molar-refractivity contribution >= 4 is 39.1 Å². The topological polar surface area (TPSA) is 44.2 Å². The number of rotatable bonds is 3. The first-order valence-electron chi connectivity index (χ1n) is 4.79. The summed E-state index contributed by atoms with van der Waals surface area (Å²) in [6, 6.07) is 5.26. The van der Waals surface area contributed by atoms with Crippen molar-refractivity contribution in [1.29, 1.82) is 0 Å². The van der Waals surface area contributed by atoms with Crippen molar-refractivity contribution in [3.63, 3.8) is 0 Å². The maximum atomic E-state index is 5.91. The predicted octanol–water partition coefficient (Wildman–Crippen LogP) is 4.35. The Balaban J connectivity index is 2.31. The molecule has 0 saturated heterocycles. The van der Waals surface area contributed by atoms with Gasteiger partial charge in [-0.05, 0) is 45.7 Å². The van der Waals surface area contributed by atoms with Crippen LogP contribution in [0.5, 0.6) is 17.4 Å². The lowest BCUT2D eigenvalue weighted by Gasteiger charge is -2.09. The van der Waals surface area contributed by atoms with Gasteiger partial charge in [0.1, 0.15) is 16.5 Å². The molecule has 18 heavy (non-hydrogen) atoms. The first-order valence-corrected chi connectivity index (χ1v) is 6.34. The molecule has 0 amide bonds. The molecule has 0 aliphatic rings. The fourth-order valence-corrected chi connectivity index (χ4v) is 1.89. The van der Waals surface area contributed by atoms with Crippen LogP contribution in [0.1, 0.15) is 0 Å². The number of hydrogen-bond acceptors (Lipinski definition) is 4. The molecule has 0 N–H and O–H groups in total. The summed E-state index contributed by atoms with van der Waals surface area (Å²) in [5, 5.41) is 0.348.